The molecular weight excluding hydrogens is 398 g/mol. The Balaban J connectivity index is 1.52. The Morgan fingerprint density at radius 1 is 1.10 bits per heavy atom. The molecule has 0 unspecified atom stereocenters. The lowest BCUT2D eigenvalue weighted by Gasteiger charge is -2.10. The molecule has 2 aromatic carbocycles. The van der Waals surface area contributed by atoms with Crippen molar-refractivity contribution in [1.29, 1.82) is 0 Å². The predicted molar refractivity (Wildman–Crippen MR) is 108 cm³/mol. The van der Waals surface area contributed by atoms with Gasteiger partial charge in [0.1, 0.15) is 11.3 Å². The Kier molecular flexibility index (Phi) is 6.19. The minimum atomic E-state index is -0.714. The highest BCUT2D eigenvalue weighted by atomic mass is 35.5. The number of carbonyl (C=O) groups excluding carboxylic acids is 2. The van der Waals surface area contributed by atoms with Crippen LogP contribution >= 0.6 is 11.6 Å². The van der Waals surface area contributed by atoms with Gasteiger partial charge in [0.05, 0.1) is 0 Å². The maximum Gasteiger partial charge on any atom is 0.344 e. The fourth-order valence-corrected chi connectivity index (χ4v) is 2.83. The van der Waals surface area contributed by atoms with Crippen molar-refractivity contribution in [3.05, 3.63) is 69.0 Å². The lowest BCUT2D eigenvalue weighted by molar-refractivity contribution is -0.149. The zero-order valence-corrected chi connectivity index (χ0v) is 16.5. The van der Waals surface area contributed by atoms with Gasteiger partial charge in [-0.2, -0.15) is 0 Å². The Morgan fingerprint density at radius 2 is 1.90 bits per heavy atom. The van der Waals surface area contributed by atoms with Gasteiger partial charge >= 0.3 is 11.6 Å². The van der Waals surface area contributed by atoms with E-state index in [4.69, 9.17) is 25.5 Å². The number of anilines is 1. The molecule has 0 aliphatic carbocycles. The summed E-state index contributed by atoms with van der Waals surface area (Å²) in [4.78, 5) is 35.3. The van der Waals surface area contributed by atoms with E-state index < -0.39 is 30.7 Å². The van der Waals surface area contributed by atoms with Gasteiger partial charge in [0, 0.05) is 28.2 Å². The SMILES string of the molecule is Cc1c(Cl)cccc1NC(=O)COC(=O)COc1ccc2c(C)cc(=O)oc2c1. The molecule has 3 rings (SSSR count). The summed E-state index contributed by atoms with van der Waals surface area (Å²) in [5.41, 5.74) is 1.94. The normalized spacial score (nSPS) is 10.6. The fourth-order valence-electron chi connectivity index (χ4n) is 2.65. The number of amides is 1. The highest BCUT2D eigenvalue weighted by Crippen LogP contribution is 2.23. The van der Waals surface area contributed by atoms with Crippen LogP contribution < -0.4 is 15.7 Å². The summed E-state index contributed by atoms with van der Waals surface area (Å²) in [7, 11) is 0. The van der Waals surface area contributed by atoms with E-state index >= 15 is 0 Å². The van der Waals surface area contributed by atoms with Crippen molar-refractivity contribution in [2.45, 2.75) is 13.8 Å². The van der Waals surface area contributed by atoms with E-state index in [1.54, 1.807) is 44.2 Å². The standard InChI is InChI=1S/C21H18ClNO6/c1-12-8-20(25)29-18-9-14(6-7-15(12)18)27-11-21(26)28-10-19(24)23-17-5-3-4-16(22)13(17)2/h3-9H,10-11H2,1-2H3,(H,23,24). The van der Waals surface area contributed by atoms with E-state index in [2.05, 4.69) is 5.32 Å². The van der Waals surface area contributed by atoms with Gasteiger partial charge in [-0.25, -0.2) is 9.59 Å². The summed E-state index contributed by atoms with van der Waals surface area (Å²) < 4.78 is 15.4. The van der Waals surface area contributed by atoms with Crippen LogP contribution in [0.5, 0.6) is 5.75 Å². The largest absolute Gasteiger partial charge is 0.482 e. The summed E-state index contributed by atoms with van der Waals surface area (Å²) in [6.07, 6.45) is 0. The average Bonchev–Trinajstić information content (AvgIpc) is 2.68. The number of ether oxygens (including phenoxy) is 2. The first-order valence-corrected chi connectivity index (χ1v) is 9.09. The minimum Gasteiger partial charge on any atom is -0.482 e. The smallest absolute Gasteiger partial charge is 0.344 e. The molecule has 0 atom stereocenters. The molecule has 0 bridgehead atoms. The van der Waals surface area contributed by atoms with Crippen LogP contribution in [0.4, 0.5) is 5.69 Å². The van der Waals surface area contributed by atoms with Gasteiger partial charge in [-0.15, -0.1) is 0 Å². The Bertz CT molecular complexity index is 1140. The van der Waals surface area contributed by atoms with Gasteiger partial charge in [0.15, 0.2) is 13.2 Å². The second-order valence-corrected chi connectivity index (χ2v) is 6.72. The van der Waals surface area contributed by atoms with E-state index in [1.807, 2.05) is 0 Å². The quantitative estimate of drug-likeness (QED) is 0.488. The van der Waals surface area contributed by atoms with Crippen molar-refractivity contribution in [2.24, 2.45) is 0 Å². The molecule has 0 aliphatic rings. The molecule has 29 heavy (non-hydrogen) atoms. The highest BCUT2D eigenvalue weighted by molar-refractivity contribution is 6.31. The predicted octanol–water partition coefficient (Wildman–Crippen LogP) is 3.62. The molecule has 1 aromatic heterocycles. The molecule has 0 fully saturated rings. The number of esters is 1. The van der Waals surface area contributed by atoms with Gasteiger partial charge in [0.2, 0.25) is 0 Å². The molecule has 1 amide bonds. The molecule has 0 spiro atoms. The van der Waals surface area contributed by atoms with Crippen molar-refractivity contribution in [3.8, 4) is 5.75 Å². The van der Waals surface area contributed by atoms with Gasteiger partial charge in [-0.05, 0) is 49.2 Å². The number of hydrogen-bond acceptors (Lipinski definition) is 6. The van der Waals surface area contributed by atoms with Crippen LogP contribution in [0.2, 0.25) is 5.02 Å². The summed E-state index contributed by atoms with van der Waals surface area (Å²) in [5.74, 6) is -0.873. The first kappa shape index (κ1) is 20.4. The van der Waals surface area contributed by atoms with E-state index in [0.29, 0.717) is 22.0 Å². The lowest BCUT2D eigenvalue weighted by atomic mass is 10.1. The third kappa shape index (κ3) is 5.14. The van der Waals surface area contributed by atoms with E-state index in [-0.39, 0.29) is 0 Å². The maximum absolute atomic E-state index is 12.0. The van der Waals surface area contributed by atoms with Gasteiger partial charge in [-0.3, -0.25) is 4.79 Å². The number of aryl methyl sites for hydroxylation is 1. The Hall–Kier alpha value is -3.32. The molecule has 1 heterocycles. The number of halogens is 1. The molecule has 0 saturated heterocycles. The van der Waals surface area contributed by atoms with Crippen molar-refractivity contribution in [3.63, 3.8) is 0 Å². The van der Waals surface area contributed by atoms with Crippen LogP contribution in [0.25, 0.3) is 11.0 Å². The van der Waals surface area contributed by atoms with Crippen LogP contribution in [0.15, 0.2) is 51.7 Å². The molecule has 0 radical (unpaired) electrons. The van der Waals surface area contributed by atoms with Crippen LogP contribution in [0.3, 0.4) is 0 Å². The zero-order chi connectivity index (χ0) is 21.0. The average molecular weight is 416 g/mol. The van der Waals surface area contributed by atoms with Crippen LogP contribution in [-0.2, 0) is 14.3 Å². The van der Waals surface area contributed by atoms with Gasteiger partial charge < -0.3 is 19.2 Å². The van der Waals surface area contributed by atoms with Crippen molar-refractivity contribution in [1.82, 2.24) is 0 Å². The van der Waals surface area contributed by atoms with Crippen LogP contribution in [0, 0.1) is 13.8 Å². The van der Waals surface area contributed by atoms with Gasteiger partial charge in [-0.1, -0.05) is 17.7 Å². The second-order valence-electron chi connectivity index (χ2n) is 6.32. The summed E-state index contributed by atoms with van der Waals surface area (Å²) in [6.45, 7) is 2.71. The van der Waals surface area contributed by atoms with Crippen LogP contribution in [0.1, 0.15) is 11.1 Å². The van der Waals surface area contributed by atoms with E-state index in [9.17, 15) is 14.4 Å². The molecule has 0 saturated carbocycles. The third-order valence-electron chi connectivity index (χ3n) is 4.19. The third-order valence-corrected chi connectivity index (χ3v) is 4.60. The summed E-state index contributed by atoms with van der Waals surface area (Å²) >= 11 is 6.00. The zero-order valence-electron chi connectivity index (χ0n) is 15.8. The number of nitrogens with one attached hydrogen (secondary N) is 1. The molecular formula is C21H18ClNO6. The van der Waals surface area contributed by atoms with E-state index in [1.165, 1.54) is 12.1 Å². The second kappa shape index (κ2) is 8.79. The molecule has 150 valence electrons. The first-order chi connectivity index (χ1) is 13.8. The number of carbonyl (C=O) groups is 2. The monoisotopic (exact) mass is 415 g/mol. The fraction of sp³-hybridized carbons (Fsp3) is 0.190. The van der Waals surface area contributed by atoms with Crippen molar-refractivity contribution in [2.75, 3.05) is 18.5 Å². The Morgan fingerprint density at radius 3 is 2.69 bits per heavy atom. The topological polar surface area (TPSA) is 94.8 Å². The van der Waals surface area contributed by atoms with E-state index in [0.717, 1.165) is 16.5 Å². The molecule has 8 heteroatoms. The summed E-state index contributed by atoms with van der Waals surface area (Å²) in [5, 5.41) is 3.92. The molecule has 1 N–H and O–H groups in total. The number of fused-ring (bicyclic) bond motifs is 1. The number of rotatable bonds is 6. The molecule has 7 nitrogen and oxygen atoms in total. The minimum absolute atomic E-state index is 0.335. The van der Waals surface area contributed by atoms with Gasteiger partial charge in [0.25, 0.3) is 5.91 Å². The molecule has 3 aromatic rings. The number of benzene rings is 2. The Labute approximate surface area is 171 Å². The van der Waals surface area contributed by atoms with Crippen LogP contribution in [-0.4, -0.2) is 25.1 Å². The molecule has 0 aliphatic heterocycles. The lowest BCUT2D eigenvalue weighted by Crippen LogP contribution is -2.24. The van der Waals surface area contributed by atoms with Crippen molar-refractivity contribution >= 4 is 40.1 Å². The first-order valence-electron chi connectivity index (χ1n) is 8.71. The number of hydrogen-bond donors (Lipinski definition) is 1. The highest BCUT2D eigenvalue weighted by Gasteiger charge is 2.11. The van der Waals surface area contributed by atoms with Crippen molar-refractivity contribution < 1.29 is 23.5 Å². The maximum atomic E-state index is 12.0. The summed E-state index contributed by atoms with van der Waals surface area (Å²) in [6, 6.07) is 11.4.